The minimum Gasteiger partial charge on any atom is -0.310 e. The van der Waals surface area contributed by atoms with Gasteiger partial charge in [-0.2, -0.15) is 0 Å². The molecule has 2 heteroatoms. The average molecular weight is 813 g/mol. The topological polar surface area (TPSA) is 8.17 Å². The van der Waals surface area contributed by atoms with Crippen LogP contribution in [-0.2, 0) is 10.8 Å². The third-order valence-corrected chi connectivity index (χ3v) is 16.2. The summed E-state index contributed by atoms with van der Waals surface area (Å²) in [6.45, 7) is 4.95. The Hall–Kier alpha value is -6.64. The van der Waals surface area contributed by atoms with Crippen molar-refractivity contribution in [2.75, 3.05) is 4.90 Å². The molecule has 4 bridgehead atoms. The number of rotatable bonds is 6. The van der Waals surface area contributed by atoms with Gasteiger partial charge >= 0.3 is 0 Å². The first-order chi connectivity index (χ1) is 30.9. The number of para-hydroxylation sites is 2. The first kappa shape index (κ1) is 37.0. The van der Waals surface area contributed by atoms with E-state index >= 15 is 0 Å². The van der Waals surface area contributed by atoms with Gasteiger partial charge in [0.2, 0.25) is 0 Å². The van der Waals surface area contributed by atoms with Gasteiger partial charge in [0, 0.05) is 44.4 Å². The predicted octanol–water partition coefficient (Wildman–Crippen LogP) is 16.0. The Kier molecular flexibility index (Phi) is 8.17. The minimum absolute atomic E-state index is 0.0545. The highest BCUT2D eigenvalue weighted by molar-refractivity contribution is 6.09. The second-order valence-corrected chi connectivity index (χ2v) is 19.8. The zero-order valence-electron chi connectivity index (χ0n) is 36.2. The highest BCUT2D eigenvalue weighted by atomic mass is 15.1. The lowest BCUT2D eigenvalue weighted by atomic mass is 9.39. The monoisotopic (exact) mass is 812 g/mol. The van der Waals surface area contributed by atoms with Crippen LogP contribution in [0.1, 0.15) is 68.2 Å². The van der Waals surface area contributed by atoms with Crippen LogP contribution in [0, 0.1) is 23.7 Å². The normalized spacial score (nSPS) is 22.6. The van der Waals surface area contributed by atoms with E-state index in [9.17, 15) is 0 Å². The van der Waals surface area contributed by atoms with Crippen molar-refractivity contribution in [2.45, 2.75) is 56.8 Å². The third kappa shape index (κ3) is 5.50. The average Bonchev–Trinajstić information content (AvgIpc) is 3.67. The van der Waals surface area contributed by atoms with Crippen molar-refractivity contribution < 1.29 is 0 Å². The van der Waals surface area contributed by atoms with Crippen LogP contribution < -0.4 is 4.90 Å². The van der Waals surface area contributed by atoms with E-state index < -0.39 is 0 Å². The number of anilines is 3. The van der Waals surface area contributed by atoms with E-state index in [4.69, 9.17) is 0 Å². The van der Waals surface area contributed by atoms with Gasteiger partial charge in [0.05, 0.1) is 11.0 Å². The Morgan fingerprint density at radius 3 is 1.52 bits per heavy atom. The minimum atomic E-state index is -0.0814. The van der Waals surface area contributed by atoms with Gasteiger partial charge in [-0.3, -0.25) is 0 Å². The summed E-state index contributed by atoms with van der Waals surface area (Å²) in [5, 5.41) is 2.56. The lowest BCUT2D eigenvalue weighted by Crippen LogP contribution is -2.58. The molecule has 4 fully saturated rings. The molecular formula is C61H52N2. The Morgan fingerprint density at radius 2 is 0.889 bits per heavy atom. The van der Waals surface area contributed by atoms with Crippen LogP contribution in [0.3, 0.4) is 0 Å². The van der Waals surface area contributed by atoms with Gasteiger partial charge in [-0.15, -0.1) is 0 Å². The van der Waals surface area contributed by atoms with Gasteiger partial charge in [0.25, 0.3) is 0 Å². The van der Waals surface area contributed by atoms with Gasteiger partial charge < -0.3 is 9.47 Å². The predicted molar refractivity (Wildman–Crippen MR) is 263 cm³/mol. The van der Waals surface area contributed by atoms with Crippen molar-refractivity contribution in [3.05, 3.63) is 216 Å². The third-order valence-electron chi connectivity index (χ3n) is 16.2. The molecule has 5 aliphatic rings. The molecule has 0 amide bonds. The summed E-state index contributed by atoms with van der Waals surface area (Å²) >= 11 is 0. The summed E-state index contributed by atoms with van der Waals surface area (Å²) in [5.74, 6) is 3.17. The van der Waals surface area contributed by atoms with Crippen LogP contribution in [0.2, 0.25) is 0 Å². The SMILES string of the molecule is CC1(C)c2ccccc2C2(c3cc(N(c4ccc(-c5ccccc5)cc4)c4ccc(-c5cccc(-n6c7ccccc7c7ccccc76)c5)cc4)ccc31)C1CC3CC(C1)CC2C3. The quantitative estimate of drug-likeness (QED) is 0.162. The molecule has 5 aliphatic carbocycles. The summed E-state index contributed by atoms with van der Waals surface area (Å²) in [6, 6.07) is 73.1. The molecule has 1 aromatic heterocycles. The van der Waals surface area contributed by atoms with Crippen LogP contribution in [0.4, 0.5) is 17.1 Å². The molecule has 306 valence electrons. The fraction of sp³-hybridized carbons (Fsp3) is 0.213. The highest BCUT2D eigenvalue weighted by Crippen LogP contribution is 2.69. The van der Waals surface area contributed by atoms with E-state index in [-0.39, 0.29) is 10.8 Å². The molecule has 0 N–H and O–H groups in total. The molecule has 2 nitrogen and oxygen atoms in total. The Morgan fingerprint density at radius 1 is 0.397 bits per heavy atom. The maximum Gasteiger partial charge on any atom is 0.0541 e. The molecule has 14 rings (SSSR count). The maximum atomic E-state index is 2.66. The standard InChI is InChI=1S/C61H52N2/c1-60(2)54-19-8-9-20-56(54)61(46-34-40-33-41(36-46)37-47(61)35-40)57-39-51(31-32-55(57)60)62(48-27-23-43(24-28-48)42-13-4-3-5-14-42)49-29-25-44(26-30-49)45-15-12-16-50(38-45)63-58-21-10-6-17-52(58)53-18-7-11-22-59(53)63/h3-32,38-41,46-47H,33-37H2,1-2H3. The van der Waals surface area contributed by atoms with Crippen LogP contribution >= 0.6 is 0 Å². The molecule has 0 atom stereocenters. The van der Waals surface area contributed by atoms with E-state index in [1.807, 2.05) is 0 Å². The molecule has 1 spiro atoms. The number of fused-ring (bicyclic) bond motifs is 5. The zero-order valence-corrected chi connectivity index (χ0v) is 36.2. The number of benzene rings is 8. The van der Waals surface area contributed by atoms with Crippen LogP contribution in [-0.4, -0.2) is 4.57 Å². The van der Waals surface area contributed by atoms with E-state index in [2.05, 4.69) is 217 Å². The van der Waals surface area contributed by atoms with Crippen molar-refractivity contribution in [1.82, 2.24) is 4.57 Å². The maximum absolute atomic E-state index is 2.66. The number of hydrogen-bond donors (Lipinski definition) is 0. The van der Waals surface area contributed by atoms with Crippen molar-refractivity contribution in [3.8, 4) is 27.9 Å². The van der Waals surface area contributed by atoms with Crippen molar-refractivity contribution in [2.24, 2.45) is 23.7 Å². The summed E-state index contributed by atoms with van der Waals surface area (Å²) in [7, 11) is 0. The molecule has 1 heterocycles. The molecule has 9 aromatic rings. The number of nitrogens with zero attached hydrogens (tertiary/aromatic N) is 2. The van der Waals surface area contributed by atoms with Gasteiger partial charge in [0.1, 0.15) is 0 Å². The van der Waals surface area contributed by atoms with E-state index in [0.29, 0.717) is 11.8 Å². The largest absolute Gasteiger partial charge is 0.310 e. The zero-order chi connectivity index (χ0) is 41.9. The molecule has 0 saturated heterocycles. The van der Waals surface area contributed by atoms with E-state index in [1.54, 1.807) is 16.7 Å². The summed E-state index contributed by atoms with van der Waals surface area (Å²) < 4.78 is 2.41. The smallest absolute Gasteiger partial charge is 0.0541 e. The molecule has 0 unspecified atom stereocenters. The number of aromatic nitrogens is 1. The van der Waals surface area contributed by atoms with Gasteiger partial charge in [0.15, 0.2) is 0 Å². The van der Waals surface area contributed by atoms with Gasteiger partial charge in [-0.05, 0) is 161 Å². The summed E-state index contributed by atoms with van der Waals surface area (Å²) in [6.07, 6.45) is 6.94. The molecule has 0 aliphatic heterocycles. The van der Waals surface area contributed by atoms with Crippen LogP contribution in [0.5, 0.6) is 0 Å². The number of hydrogen-bond acceptors (Lipinski definition) is 1. The molecular weight excluding hydrogens is 761 g/mol. The van der Waals surface area contributed by atoms with Crippen molar-refractivity contribution >= 4 is 38.9 Å². The fourth-order valence-electron chi connectivity index (χ4n) is 13.8. The second kappa shape index (κ2) is 13.9. The first-order valence-corrected chi connectivity index (χ1v) is 23.3. The van der Waals surface area contributed by atoms with Crippen LogP contribution in [0.25, 0.3) is 49.7 Å². The lowest BCUT2D eigenvalue weighted by molar-refractivity contribution is -0.0443. The van der Waals surface area contributed by atoms with E-state index in [1.165, 1.54) is 104 Å². The molecule has 63 heavy (non-hydrogen) atoms. The molecule has 8 aromatic carbocycles. The van der Waals surface area contributed by atoms with E-state index in [0.717, 1.165) is 11.8 Å². The Bertz CT molecular complexity index is 3120. The summed E-state index contributed by atoms with van der Waals surface area (Å²) in [5.41, 5.74) is 18.4. The Balaban J connectivity index is 0.948. The van der Waals surface area contributed by atoms with Gasteiger partial charge in [-0.1, -0.05) is 147 Å². The molecule has 0 radical (unpaired) electrons. The fourth-order valence-corrected chi connectivity index (χ4v) is 13.8. The lowest BCUT2D eigenvalue weighted by Gasteiger charge is -2.64. The van der Waals surface area contributed by atoms with Crippen molar-refractivity contribution in [3.63, 3.8) is 0 Å². The highest BCUT2D eigenvalue weighted by Gasteiger charge is 2.62. The second-order valence-electron chi connectivity index (χ2n) is 19.8. The summed E-state index contributed by atoms with van der Waals surface area (Å²) in [4.78, 5) is 2.52. The van der Waals surface area contributed by atoms with Crippen molar-refractivity contribution in [1.29, 1.82) is 0 Å². The van der Waals surface area contributed by atoms with Crippen LogP contribution in [0.15, 0.2) is 194 Å². The molecule has 4 saturated carbocycles. The first-order valence-electron chi connectivity index (χ1n) is 23.3. The Labute approximate surface area is 371 Å². The van der Waals surface area contributed by atoms with Gasteiger partial charge in [-0.25, -0.2) is 0 Å².